The molecule has 0 radical (unpaired) electrons. The highest BCUT2D eigenvalue weighted by Crippen LogP contribution is 2.29. The first-order valence-corrected chi connectivity index (χ1v) is 8.47. The Kier molecular flexibility index (Phi) is 5.15. The van der Waals surface area contributed by atoms with E-state index in [2.05, 4.69) is 16.3 Å². The van der Waals surface area contributed by atoms with Crippen LogP contribution in [-0.2, 0) is 0 Å². The molecule has 0 saturated heterocycles. The molecule has 9 heteroatoms. The number of nitro groups is 1. The van der Waals surface area contributed by atoms with Crippen LogP contribution in [0.25, 0.3) is 17.1 Å². The van der Waals surface area contributed by atoms with Crippen molar-refractivity contribution >= 4 is 17.4 Å². The Bertz CT molecular complexity index is 962. The molecule has 0 amide bonds. The van der Waals surface area contributed by atoms with Crippen molar-refractivity contribution in [3.8, 4) is 28.9 Å². The van der Waals surface area contributed by atoms with Crippen LogP contribution in [0.5, 0.6) is 5.75 Å². The quantitative estimate of drug-likeness (QED) is 0.373. The molecule has 1 heterocycles. The van der Waals surface area contributed by atoms with Gasteiger partial charge in [0.05, 0.1) is 23.9 Å². The fourth-order valence-electron chi connectivity index (χ4n) is 2.34. The molecule has 0 saturated carbocycles. The molecule has 0 unspecified atom stereocenters. The molecule has 0 spiro atoms. The molecule has 2 aromatic carbocycles. The smallest absolute Gasteiger partial charge is 0.269 e. The summed E-state index contributed by atoms with van der Waals surface area (Å²) in [5, 5.41) is 28.6. The van der Waals surface area contributed by atoms with Crippen LogP contribution in [0.15, 0.2) is 53.7 Å². The van der Waals surface area contributed by atoms with E-state index < -0.39 is 4.92 Å². The van der Waals surface area contributed by atoms with E-state index in [9.17, 15) is 10.1 Å². The highest BCUT2D eigenvalue weighted by atomic mass is 32.2. The van der Waals surface area contributed by atoms with Gasteiger partial charge >= 0.3 is 0 Å². The highest BCUT2D eigenvalue weighted by molar-refractivity contribution is 7.99. The molecular weight excluding hydrogens is 354 g/mol. The fraction of sp³-hybridized carbons (Fsp3) is 0.118. The lowest BCUT2D eigenvalue weighted by molar-refractivity contribution is -0.384. The third kappa shape index (κ3) is 3.50. The van der Waals surface area contributed by atoms with Crippen molar-refractivity contribution in [2.75, 3.05) is 12.9 Å². The molecular formula is C17H13N5O3S. The van der Waals surface area contributed by atoms with Crippen molar-refractivity contribution in [1.82, 2.24) is 14.8 Å². The van der Waals surface area contributed by atoms with Crippen molar-refractivity contribution in [1.29, 1.82) is 5.26 Å². The maximum atomic E-state index is 10.8. The summed E-state index contributed by atoms with van der Waals surface area (Å²) >= 11 is 1.26. The first-order chi connectivity index (χ1) is 12.6. The fourth-order valence-corrected chi connectivity index (χ4v) is 2.96. The summed E-state index contributed by atoms with van der Waals surface area (Å²) in [5.41, 5.74) is 1.48. The van der Waals surface area contributed by atoms with Gasteiger partial charge in [-0.3, -0.25) is 14.7 Å². The zero-order valence-corrected chi connectivity index (χ0v) is 14.5. The minimum atomic E-state index is -0.452. The predicted molar refractivity (Wildman–Crippen MR) is 96.3 cm³/mol. The largest absolute Gasteiger partial charge is 0.497 e. The second-order valence-electron chi connectivity index (χ2n) is 5.09. The monoisotopic (exact) mass is 367 g/mol. The Balaban J connectivity index is 2.08. The number of aromatic nitrogens is 3. The Labute approximate surface area is 153 Å². The van der Waals surface area contributed by atoms with Gasteiger partial charge in [-0.05, 0) is 36.4 Å². The highest BCUT2D eigenvalue weighted by Gasteiger charge is 2.17. The maximum Gasteiger partial charge on any atom is 0.269 e. The summed E-state index contributed by atoms with van der Waals surface area (Å²) in [4.78, 5) is 10.4. The summed E-state index contributed by atoms with van der Waals surface area (Å²) < 4.78 is 6.99. The first kappa shape index (κ1) is 17.4. The van der Waals surface area contributed by atoms with Gasteiger partial charge in [0.1, 0.15) is 5.75 Å². The molecule has 3 rings (SSSR count). The average Bonchev–Trinajstić information content (AvgIpc) is 3.10. The number of nitrogens with zero attached hydrogens (tertiary/aromatic N) is 5. The number of ether oxygens (including phenoxy) is 1. The van der Waals surface area contributed by atoms with E-state index in [0.29, 0.717) is 22.3 Å². The second kappa shape index (κ2) is 7.67. The number of benzene rings is 2. The number of non-ortho nitro benzene ring substituents is 1. The third-order valence-electron chi connectivity index (χ3n) is 3.57. The van der Waals surface area contributed by atoms with Gasteiger partial charge in [0.25, 0.3) is 5.69 Å². The molecule has 1 aromatic heterocycles. The molecule has 0 atom stereocenters. The molecule has 3 aromatic rings. The Morgan fingerprint density at radius 3 is 2.46 bits per heavy atom. The molecule has 0 bridgehead atoms. The molecule has 0 aliphatic carbocycles. The number of thioether (sulfide) groups is 1. The van der Waals surface area contributed by atoms with Crippen LogP contribution in [0, 0.1) is 21.4 Å². The number of rotatable bonds is 6. The average molecular weight is 367 g/mol. The van der Waals surface area contributed by atoms with Gasteiger partial charge in [0, 0.05) is 23.4 Å². The van der Waals surface area contributed by atoms with Crippen molar-refractivity contribution in [3.05, 3.63) is 58.6 Å². The molecule has 0 N–H and O–H groups in total. The van der Waals surface area contributed by atoms with Crippen molar-refractivity contribution < 1.29 is 9.66 Å². The van der Waals surface area contributed by atoms with Crippen LogP contribution in [0.4, 0.5) is 5.69 Å². The van der Waals surface area contributed by atoms with Gasteiger partial charge in [0.15, 0.2) is 11.0 Å². The van der Waals surface area contributed by atoms with Gasteiger partial charge in [-0.2, -0.15) is 5.26 Å². The molecule has 0 aliphatic heterocycles. The van der Waals surface area contributed by atoms with Gasteiger partial charge in [0.2, 0.25) is 0 Å². The van der Waals surface area contributed by atoms with Gasteiger partial charge in [-0.25, -0.2) is 0 Å². The lowest BCUT2D eigenvalue weighted by Gasteiger charge is -2.10. The van der Waals surface area contributed by atoms with Gasteiger partial charge < -0.3 is 4.74 Å². The molecule has 26 heavy (non-hydrogen) atoms. The molecule has 0 fully saturated rings. The lowest BCUT2D eigenvalue weighted by atomic mass is 10.2. The van der Waals surface area contributed by atoms with E-state index in [4.69, 9.17) is 10.00 Å². The Morgan fingerprint density at radius 2 is 1.88 bits per heavy atom. The van der Waals surface area contributed by atoms with Crippen molar-refractivity contribution in [2.24, 2.45) is 0 Å². The SMILES string of the molecule is COc1ccc(-n2c(SCC#N)nnc2-c2ccc([N+](=O)[O-])cc2)cc1. The summed E-state index contributed by atoms with van der Waals surface area (Å²) in [5.74, 6) is 1.48. The van der Waals surface area contributed by atoms with E-state index in [0.717, 1.165) is 5.69 Å². The van der Waals surface area contributed by atoms with Crippen LogP contribution in [-0.4, -0.2) is 32.6 Å². The molecule has 130 valence electrons. The summed E-state index contributed by atoms with van der Waals surface area (Å²) in [6.45, 7) is 0. The molecule has 8 nitrogen and oxygen atoms in total. The minimum Gasteiger partial charge on any atom is -0.497 e. The number of hydrogen-bond donors (Lipinski definition) is 0. The number of hydrogen-bond acceptors (Lipinski definition) is 7. The van der Waals surface area contributed by atoms with E-state index >= 15 is 0 Å². The summed E-state index contributed by atoms with van der Waals surface area (Å²) in [6.07, 6.45) is 0. The van der Waals surface area contributed by atoms with Crippen molar-refractivity contribution in [3.63, 3.8) is 0 Å². The zero-order valence-electron chi connectivity index (χ0n) is 13.7. The third-order valence-corrected chi connectivity index (χ3v) is 4.36. The Morgan fingerprint density at radius 1 is 1.19 bits per heavy atom. The zero-order chi connectivity index (χ0) is 18.5. The summed E-state index contributed by atoms with van der Waals surface area (Å²) in [6, 6.07) is 15.5. The van der Waals surface area contributed by atoms with E-state index in [1.807, 2.05) is 28.8 Å². The number of methoxy groups -OCH3 is 1. The van der Waals surface area contributed by atoms with Crippen molar-refractivity contribution in [2.45, 2.75) is 5.16 Å². The normalized spacial score (nSPS) is 10.3. The maximum absolute atomic E-state index is 10.8. The van der Waals surface area contributed by atoms with Crippen LogP contribution < -0.4 is 4.74 Å². The second-order valence-corrected chi connectivity index (χ2v) is 6.03. The lowest BCUT2D eigenvalue weighted by Crippen LogP contribution is -2.00. The first-order valence-electron chi connectivity index (χ1n) is 7.48. The van der Waals surface area contributed by atoms with Crippen LogP contribution >= 0.6 is 11.8 Å². The topological polar surface area (TPSA) is 107 Å². The van der Waals surface area contributed by atoms with Gasteiger partial charge in [-0.1, -0.05) is 11.8 Å². The summed E-state index contributed by atoms with van der Waals surface area (Å²) in [7, 11) is 1.59. The standard InChI is InChI=1S/C17H13N5O3S/c1-25-15-8-6-13(7-9-15)21-16(19-20-17(21)26-11-10-18)12-2-4-14(5-3-12)22(23)24/h2-9H,11H2,1H3. The van der Waals surface area contributed by atoms with Gasteiger partial charge in [-0.15, -0.1) is 10.2 Å². The van der Waals surface area contributed by atoms with Crippen LogP contribution in [0.1, 0.15) is 0 Å². The van der Waals surface area contributed by atoms with Crippen LogP contribution in [0.2, 0.25) is 0 Å². The molecule has 0 aliphatic rings. The minimum absolute atomic E-state index is 0.00309. The van der Waals surface area contributed by atoms with Crippen LogP contribution in [0.3, 0.4) is 0 Å². The van der Waals surface area contributed by atoms with E-state index in [-0.39, 0.29) is 11.4 Å². The van der Waals surface area contributed by atoms with E-state index in [1.54, 1.807) is 19.2 Å². The predicted octanol–water partition coefficient (Wildman–Crippen LogP) is 3.47. The van der Waals surface area contributed by atoms with E-state index in [1.165, 1.54) is 23.9 Å². The number of nitriles is 1. The number of nitro benzene ring substituents is 1. The Hall–Kier alpha value is -3.38.